The summed E-state index contributed by atoms with van der Waals surface area (Å²) in [5.74, 6) is 0.919. The van der Waals surface area contributed by atoms with Crippen LogP contribution in [0.15, 0.2) is 30.3 Å². The number of aliphatic carboxylic acids is 1. The summed E-state index contributed by atoms with van der Waals surface area (Å²) >= 11 is 0. The first-order chi connectivity index (χ1) is 12.3. The lowest BCUT2D eigenvalue weighted by molar-refractivity contribution is -0.141. The molecule has 0 saturated carbocycles. The van der Waals surface area contributed by atoms with Gasteiger partial charge in [-0.2, -0.15) is 0 Å². The number of carbonyl (C=O) groups is 1. The van der Waals surface area contributed by atoms with Gasteiger partial charge in [-0.1, -0.05) is 30.3 Å². The molecule has 3 rings (SSSR count). The van der Waals surface area contributed by atoms with Gasteiger partial charge >= 0.3 is 5.97 Å². The van der Waals surface area contributed by atoms with Crippen LogP contribution in [0.1, 0.15) is 47.6 Å². The van der Waals surface area contributed by atoms with Gasteiger partial charge in [0, 0.05) is 5.56 Å². The third-order valence-electron chi connectivity index (χ3n) is 5.31. The summed E-state index contributed by atoms with van der Waals surface area (Å²) in [5.41, 5.74) is 4.79. The number of carboxylic acid groups (broad SMARTS) is 1. The molecule has 1 aliphatic heterocycles. The molecule has 1 N–H and O–H groups in total. The van der Waals surface area contributed by atoms with Crippen LogP contribution in [0, 0.1) is 20.8 Å². The summed E-state index contributed by atoms with van der Waals surface area (Å²) < 4.78 is 12.4. The van der Waals surface area contributed by atoms with Crippen LogP contribution in [-0.4, -0.2) is 16.7 Å². The molecule has 0 bridgehead atoms. The molecule has 0 spiro atoms. The fraction of sp³-hybridized carbons (Fsp3) is 0.409. The minimum atomic E-state index is -0.829. The maximum Gasteiger partial charge on any atom is 0.307 e. The topological polar surface area (TPSA) is 55.8 Å². The summed E-state index contributed by atoms with van der Waals surface area (Å²) in [6.07, 6.45) is 1.50. The van der Waals surface area contributed by atoms with E-state index in [-0.39, 0.29) is 6.42 Å². The Bertz CT molecular complexity index is 826. The molecule has 1 heterocycles. The molecule has 0 saturated heterocycles. The van der Waals surface area contributed by atoms with Crippen LogP contribution < -0.4 is 9.47 Å². The van der Waals surface area contributed by atoms with Crippen molar-refractivity contribution in [2.24, 2.45) is 0 Å². The van der Waals surface area contributed by atoms with Gasteiger partial charge in [-0.3, -0.25) is 4.79 Å². The first kappa shape index (κ1) is 18.3. The Morgan fingerprint density at radius 3 is 2.50 bits per heavy atom. The number of benzene rings is 2. The Balaban J connectivity index is 1.91. The minimum Gasteiger partial charge on any atom is -0.488 e. The normalized spacial score (nSPS) is 18.8. The van der Waals surface area contributed by atoms with Crippen LogP contribution in [0.2, 0.25) is 0 Å². The molecule has 4 nitrogen and oxygen atoms in total. The van der Waals surface area contributed by atoms with E-state index in [2.05, 4.69) is 19.1 Å². The first-order valence-corrected chi connectivity index (χ1v) is 9.01. The van der Waals surface area contributed by atoms with Crippen LogP contribution in [0.5, 0.6) is 11.5 Å². The molecule has 2 aromatic rings. The molecule has 4 heteroatoms. The lowest BCUT2D eigenvalue weighted by Gasteiger charge is -2.37. The van der Waals surface area contributed by atoms with Gasteiger partial charge in [-0.25, -0.2) is 0 Å². The van der Waals surface area contributed by atoms with Crippen LogP contribution in [-0.2, 0) is 17.8 Å². The molecule has 26 heavy (non-hydrogen) atoms. The van der Waals surface area contributed by atoms with Crippen molar-refractivity contribution in [2.45, 2.75) is 59.2 Å². The monoisotopic (exact) mass is 354 g/mol. The van der Waals surface area contributed by atoms with Gasteiger partial charge in [-0.05, 0) is 62.8 Å². The number of ether oxygens (including phenoxy) is 2. The predicted molar refractivity (Wildman–Crippen MR) is 101 cm³/mol. The maximum absolute atomic E-state index is 11.2. The molecular formula is C22H26O4. The fourth-order valence-electron chi connectivity index (χ4n) is 3.67. The van der Waals surface area contributed by atoms with E-state index in [1.807, 2.05) is 39.0 Å². The zero-order valence-corrected chi connectivity index (χ0v) is 15.9. The van der Waals surface area contributed by atoms with Crippen LogP contribution in [0.25, 0.3) is 0 Å². The van der Waals surface area contributed by atoms with Crippen molar-refractivity contribution in [3.05, 3.63) is 58.1 Å². The van der Waals surface area contributed by atoms with E-state index in [0.29, 0.717) is 13.0 Å². The summed E-state index contributed by atoms with van der Waals surface area (Å²) in [6, 6.07) is 10.1. The zero-order valence-electron chi connectivity index (χ0n) is 15.9. The van der Waals surface area contributed by atoms with Gasteiger partial charge in [-0.15, -0.1) is 0 Å². The second kappa shape index (κ2) is 7.02. The highest BCUT2D eigenvalue weighted by Crippen LogP contribution is 2.44. The average Bonchev–Trinajstić information content (AvgIpc) is 2.59. The number of carboxylic acids is 1. The Kier molecular flexibility index (Phi) is 4.94. The Labute approximate surface area is 154 Å². The van der Waals surface area contributed by atoms with Crippen molar-refractivity contribution >= 4 is 5.97 Å². The molecule has 1 atom stereocenters. The molecule has 2 aromatic carbocycles. The van der Waals surface area contributed by atoms with E-state index >= 15 is 0 Å². The van der Waals surface area contributed by atoms with Gasteiger partial charge in [0.25, 0.3) is 0 Å². The van der Waals surface area contributed by atoms with Gasteiger partial charge in [0.15, 0.2) is 0 Å². The molecule has 0 aromatic heterocycles. The molecule has 0 amide bonds. The quantitative estimate of drug-likeness (QED) is 0.842. The summed E-state index contributed by atoms with van der Waals surface area (Å²) in [4.78, 5) is 11.2. The van der Waals surface area contributed by atoms with Gasteiger partial charge in [0.1, 0.15) is 23.7 Å². The highest BCUT2D eigenvalue weighted by atomic mass is 16.5. The Morgan fingerprint density at radius 2 is 1.85 bits per heavy atom. The highest BCUT2D eigenvalue weighted by molar-refractivity contribution is 5.68. The standard InChI is InChI=1S/C22H26O4/c1-14-15(2)21-18(10-11-22(4,26-21)12-19(23)24)16(3)20(14)25-13-17-8-6-5-7-9-17/h5-9H,10-13H2,1-4H3,(H,23,24)/t22-/m1/s1. The summed E-state index contributed by atoms with van der Waals surface area (Å²) in [7, 11) is 0. The van der Waals surface area contributed by atoms with E-state index in [4.69, 9.17) is 9.47 Å². The molecule has 0 unspecified atom stereocenters. The third kappa shape index (κ3) is 3.55. The first-order valence-electron chi connectivity index (χ1n) is 9.01. The van der Waals surface area contributed by atoms with Crippen LogP contribution >= 0.6 is 0 Å². The summed E-state index contributed by atoms with van der Waals surface area (Å²) in [5, 5.41) is 9.18. The Morgan fingerprint density at radius 1 is 1.15 bits per heavy atom. The van der Waals surface area contributed by atoms with Crippen LogP contribution in [0.4, 0.5) is 0 Å². The van der Waals surface area contributed by atoms with Crippen molar-refractivity contribution < 1.29 is 19.4 Å². The number of fused-ring (bicyclic) bond motifs is 1. The van der Waals surface area contributed by atoms with E-state index < -0.39 is 11.6 Å². The van der Waals surface area contributed by atoms with Gasteiger partial charge in [0.2, 0.25) is 0 Å². The van der Waals surface area contributed by atoms with Crippen molar-refractivity contribution in [2.75, 3.05) is 0 Å². The fourth-order valence-corrected chi connectivity index (χ4v) is 3.67. The minimum absolute atomic E-state index is 0.0102. The SMILES string of the molecule is Cc1c(C)c2c(c(C)c1OCc1ccccc1)CC[C@](C)(CC(=O)O)O2. The van der Waals surface area contributed by atoms with Gasteiger partial charge < -0.3 is 14.6 Å². The summed E-state index contributed by atoms with van der Waals surface area (Å²) in [6.45, 7) is 8.53. The van der Waals surface area contributed by atoms with Crippen molar-refractivity contribution in [3.63, 3.8) is 0 Å². The zero-order chi connectivity index (χ0) is 18.9. The van der Waals surface area contributed by atoms with Crippen molar-refractivity contribution in [1.82, 2.24) is 0 Å². The molecular weight excluding hydrogens is 328 g/mol. The highest BCUT2D eigenvalue weighted by Gasteiger charge is 2.36. The second-order valence-electron chi connectivity index (χ2n) is 7.41. The van der Waals surface area contributed by atoms with Gasteiger partial charge in [0.05, 0.1) is 6.42 Å². The molecule has 0 fully saturated rings. The lowest BCUT2D eigenvalue weighted by atomic mass is 9.85. The largest absolute Gasteiger partial charge is 0.488 e. The van der Waals surface area contributed by atoms with Crippen molar-refractivity contribution in [3.8, 4) is 11.5 Å². The maximum atomic E-state index is 11.2. The van der Waals surface area contributed by atoms with Crippen molar-refractivity contribution in [1.29, 1.82) is 0 Å². The molecule has 0 aliphatic carbocycles. The molecule has 0 radical (unpaired) electrons. The number of hydrogen-bond acceptors (Lipinski definition) is 3. The van der Waals surface area contributed by atoms with E-state index in [9.17, 15) is 9.90 Å². The second-order valence-corrected chi connectivity index (χ2v) is 7.41. The van der Waals surface area contributed by atoms with Crippen LogP contribution in [0.3, 0.4) is 0 Å². The van der Waals surface area contributed by atoms with E-state index in [1.54, 1.807) is 0 Å². The lowest BCUT2D eigenvalue weighted by Crippen LogP contribution is -2.39. The number of rotatable bonds is 5. The smallest absolute Gasteiger partial charge is 0.307 e. The third-order valence-corrected chi connectivity index (χ3v) is 5.31. The number of hydrogen-bond donors (Lipinski definition) is 1. The Hall–Kier alpha value is -2.49. The average molecular weight is 354 g/mol. The predicted octanol–water partition coefficient (Wildman–Crippen LogP) is 4.75. The van der Waals surface area contributed by atoms with E-state index in [0.717, 1.165) is 45.7 Å². The molecule has 1 aliphatic rings. The molecule has 138 valence electrons. The van der Waals surface area contributed by atoms with E-state index in [1.165, 1.54) is 0 Å².